The predicted molar refractivity (Wildman–Crippen MR) is 90.2 cm³/mol. The fraction of sp³-hybridized carbons (Fsp3) is 0.368. The van der Waals surface area contributed by atoms with Gasteiger partial charge in [-0.1, -0.05) is 0 Å². The number of hydrogen-bond acceptors (Lipinski definition) is 6. The number of methoxy groups -OCH3 is 3. The van der Waals surface area contributed by atoms with Crippen LogP contribution in [-0.4, -0.2) is 39.1 Å². The van der Waals surface area contributed by atoms with Crippen molar-refractivity contribution in [2.45, 2.75) is 18.1 Å². The monoisotopic (exact) mass is 344 g/mol. The van der Waals surface area contributed by atoms with Crippen molar-refractivity contribution in [2.75, 3.05) is 27.9 Å². The van der Waals surface area contributed by atoms with Crippen LogP contribution in [0.5, 0.6) is 28.7 Å². The second-order valence-corrected chi connectivity index (χ2v) is 6.09. The Morgan fingerprint density at radius 1 is 0.920 bits per heavy atom. The Morgan fingerprint density at radius 2 is 1.68 bits per heavy atom. The molecule has 6 nitrogen and oxygen atoms in total. The van der Waals surface area contributed by atoms with Gasteiger partial charge in [0, 0.05) is 23.3 Å². The van der Waals surface area contributed by atoms with E-state index in [0.29, 0.717) is 35.4 Å². The second-order valence-electron chi connectivity index (χ2n) is 6.09. The summed E-state index contributed by atoms with van der Waals surface area (Å²) in [5.74, 6) is 2.94. The summed E-state index contributed by atoms with van der Waals surface area (Å²) < 4.78 is 27.9. The fourth-order valence-corrected chi connectivity index (χ4v) is 3.56. The lowest BCUT2D eigenvalue weighted by Gasteiger charge is -2.41. The summed E-state index contributed by atoms with van der Waals surface area (Å²) >= 11 is 0. The van der Waals surface area contributed by atoms with Gasteiger partial charge in [0.2, 0.25) is 0 Å². The van der Waals surface area contributed by atoms with Crippen molar-refractivity contribution in [1.29, 1.82) is 0 Å². The highest BCUT2D eigenvalue weighted by Gasteiger charge is 2.43. The number of rotatable bonds is 3. The lowest BCUT2D eigenvalue weighted by Crippen LogP contribution is -2.41. The van der Waals surface area contributed by atoms with Crippen molar-refractivity contribution in [3.05, 3.63) is 41.5 Å². The van der Waals surface area contributed by atoms with Crippen molar-refractivity contribution in [1.82, 2.24) is 0 Å². The first-order valence-electron chi connectivity index (χ1n) is 8.07. The van der Waals surface area contributed by atoms with Crippen LogP contribution in [0.2, 0.25) is 0 Å². The van der Waals surface area contributed by atoms with Crippen molar-refractivity contribution in [3.63, 3.8) is 0 Å². The van der Waals surface area contributed by atoms with Crippen LogP contribution in [0.1, 0.15) is 23.1 Å². The van der Waals surface area contributed by atoms with Crippen LogP contribution >= 0.6 is 0 Å². The standard InChI is InChI=1S/C19H20O6/c1-21-10-4-5-11-14(6-10)25-17-9-24-13-8-16(23-3)15(22-2)7-12(13)18(17)19(11)20/h4-8,17-20H,9H2,1-3H3/t17-,18+,19+/m0/s1. The number of aliphatic hydroxyl groups is 1. The molecule has 1 N–H and O–H groups in total. The first-order valence-corrected chi connectivity index (χ1v) is 8.07. The van der Waals surface area contributed by atoms with Crippen LogP contribution in [0, 0.1) is 0 Å². The summed E-state index contributed by atoms with van der Waals surface area (Å²) in [6, 6.07) is 9.09. The SMILES string of the molecule is COc1ccc2c(c1)O[C@H]1COc3cc(OC)c(OC)cc3[C@H]1[C@@H]2O. The van der Waals surface area contributed by atoms with Gasteiger partial charge in [0.05, 0.1) is 33.4 Å². The van der Waals surface area contributed by atoms with E-state index in [2.05, 4.69) is 0 Å². The maximum absolute atomic E-state index is 11.0. The maximum atomic E-state index is 11.0. The highest BCUT2D eigenvalue weighted by molar-refractivity contribution is 5.55. The minimum atomic E-state index is -0.708. The molecule has 0 amide bonds. The first-order chi connectivity index (χ1) is 12.2. The third-order valence-electron chi connectivity index (χ3n) is 4.84. The molecule has 0 unspecified atom stereocenters. The zero-order valence-corrected chi connectivity index (χ0v) is 14.3. The average Bonchev–Trinajstić information content (AvgIpc) is 2.66. The molecule has 4 rings (SSSR count). The zero-order valence-electron chi connectivity index (χ0n) is 14.3. The molecule has 0 radical (unpaired) electrons. The number of hydrogen-bond donors (Lipinski definition) is 1. The van der Waals surface area contributed by atoms with E-state index < -0.39 is 6.10 Å². The highest BCUT2D eigenvalue weighted by atomic mass is 16.5. The molecular weight excluding hydrogens is 324 g/mol. The average molecular weight is 344 g/mol. The Hall–Kier alpha value is -2.60. The molecule has 0 aliphatic carbocycles. The Balaban J connectivity index is 1.79. The van der Waals surface area contributed by atoms with E-state index in [1.54, 1.807) is 33.5 Å². The molecule has 0 saturated heterocycles. The normalized spacial score (nSPS) is 23.3. The molecule has 3 atom stereocenters. The summed E-state index contributed by atoms with van der Waals surface area (Å²) in [4.78, 5) is 0. The molecule has 132 valence electrons. The Bertz CT molecular complexity index is 803. The third-order valence-corrected chi connectivity index (χ3v) is 4.84. The van der Waals surface area contributed by atoms with E-state index in [9.17, 15) is 5.11 Å². The van der Waals surface area contributed by atoms with Gasteiger partial charge in [-0.2, -0.15) is 0 Å². The van der Waals surface area contributed by atoms with Gasteiger partial charge in [-0.05, 0) is 18.2 Å². The topological polar surface area (TPSA) is 66.4 Å². The molecule has 25 heavy (non-hydrogen) atoms. The molecule has 0 spiro atoms. The quantitative estimate of drug-likeness (QED) is 0.923. The van der Waals surface area contributed by atoms with E-state index in [1.807, 2.05) is 18.2 Å². The largest absolute Gasteiger partial charge is 0.497 e. The second kappa shape index (κ2) is 6.04. The highest BCUT2D eigenvalue weighted by Crippen LogP contribution is 2.51. The summed E-state index contributed by atoms with van der Waals surface area (Å²) in [5.41, 5.74) is 1.59. The molecule has 0 saturated carbocycles. The van der Waals surface area contributed by atoms with Gasteiger partial charge < -0.3 is 28.8 Å². The number of aliphatic hydroxyl groups excluding tert-OH is 1. The van der Waals surface area contributed by atoms with E-state index in [1.165, 1.54) is 0 Å². The molecule has 0 fully saturated rings. The van der Waals surface area contributed by atoms with Gasteiger partial charge in [-0.3, -0.25) is 0 Å². The molecule has 2 aromatic rings. The van der Waals surface area contributed by atoms with Crippen LogP contribution in [0.4, 0.5) is 0 Å². The van der Waals surface area contributed by atoms with Crippen molar-refractivity contribution in [2.24, 2.45) is 0 Å². The van der Waals surface area contributed by atoms with Crippen LogP contribution in [-0.2, 0) is 0 Å². The van der Waals surface area contributed by atoms with Gasteiger partial charge in [0.15, 0.2) is 11.5 Å². The molecule has 2 aliphatic rings. The Kier molecular flexibility index (Phi) is 3.84. The van der Waals surface area contributed by atoms with E-state index in [0.717, 1.165) is 11.1 Å². The van der Waals surface area contributed by atoms with Crippen LogP contribution in [0.15, 0.2) is 30.3 Å². The van der Waals surface area contributed by atoms with Crippen molar-refractivity contribution >= 4 is 0 Å². The zero-order chi connectivity index (χ0) is 17.6. The maximum Gasteiger partial charge on any atom is 0.164 e. The number of benzene rings is 2. The van der Waals surface area contributed by atoms with Crippen molar-refractivity contribution < 1.29 is 28.8 Å². The van der Waals surface area contributed by atoms with Gasteiger partial charge >= 0.3 is 0 Å². The van der Waals surface area contributed by atoms with Crippen LogP contribution in [0.25, 0.3) is 0 Å². The summed E-state index contributed by atoms with van der Waals surface area (Å²) in [6.07, 6.45) is -0.999. The van der Waals surface area contributed by atoms with Gasteiger partial charge in [-0.15, -0.1) is 0 Å². The lowest BCUT2D eigenvalue weighted by molar-refractivity contribution is 0.00120. The van der Waals surface area contributed by atoms with Gasteiger partial charge in [0.25, 0.3) is 0 Å². The number of ether oxygens (including phenoxy) is 5. The molecule has 0 bridgehead atoms. The van der Waals surface area contributed by atoms with Gasteiger partial charge in [-0.25, -0.2) is 0 Å². The van der Waals surface area contributed by atoms with Crippen molar-refractivity contribution in [3.8, 4) is 28.7 Å². The summed E-state index contributed by atoms with van der Waals surface area (Å²) in [5, 5.41) is 11.0. The minimum absolute atomic E-state index is 0.246. The Morgan fingerprint density at radius 3 is 2.40 bits per heavy atom. The molecule has 2 heterocycles. The molecular formula is C19H20O6. The predicted octanol–water partition coefficient (Wildman–Crippen LogP) is 2.68. The van der Waals surface area contributed by atoms with E-state index in [4.69, 9.17) is 23.7 Å². The van der Waals surface area contributed by atoms with Gasteiger partial charge in [0.1, 0.15) is 30.0 Å². The minimum Gasteiger partial charge on any atom is -0.497 e. The molecule has 6 heteroatoms. The summed E-state index contributed by atoms with van der Waals surface area (Å²) in [6.45, 7) is 0.348. The molecule has 2 aromatic carbocycles. The van der Waals surface area contributed by atoms with Crippen LogP contribution < -0.4 is 23.7 Å². The fourth-order valence-electron chi connectivity index (χ4n) is 3.56. The van der Waals surface area contributed by atoms with Crippen LogP contribution in [0.3, 0.4) is 0 Å². The molecule has 2 aliphatic heterocycles. The molecule has 0 aromatic heterocycles. The van der Waals surface area contributed by atoms with E-state index in [-0.39, 0.29) is 12.0 Å². The lowest BCUT2D eigenvalue weighted by atomic mass is 9.81. The summed E-state index contributed by atoms with van der Waals surface area (Å²) in [7, 11) is 4.77. The van der Waals surface area contributed by atoms with E-state index >= 15 is 0 Å². The number of fused-ring (bicyclic) bond motifs is 4. The third kappa shape index (κ3) is 2.44. The smallest absolute Gasteiger partial charge is 0.164 e. The first kappa shape index (κ1) is 15.9. The Labute approximate surface area is 145 Å².